The highest BCUT2D eigenvalue weighted by atomic mass is 19.2. The van der Waals surface area contributed by atoms with Crippen molar-refractivity contribution in [3.8, 4) is 11.1 Å². The van der Waals surface area contributed by atoms with Crippen molar-refractivity contribution in [1.29, 1.82) is 0 Å². The molecule has 0 saturated carbocycles. The molecule has 4 rings (SSSR count). The highest BCUT2D eigenvalue weighted by molar-refractivity contribution is 5.65. The van der Waals surface area contributed by atoms with Crippen molar-refractivity contribution < 1.29 is 31.1 Å². The van der Waals surface area contributed by atoms with Gasteiger partial charge in [-0.15, -0.1) is 6.58 Å². The van der Waals surface area contributed by atoms with Crippen LogP contribution < -0.4 is 0 Å². The summed E-state index contributed by atoms with van der Waals surface area (Å²) >= 11 is 0. The second-order valence-corrected chi connectivity index (χ2v) is 9.50. The maximum Gasteiger partial charge on any atom is 0.194 e. The number of rotatable bonds is 9. The highest BCUT2D eigenvalue weighted by Crippen LogP contribution is 2.32. The van der Waals surface area contributed by atoms with Crippen LogP contribution in [0.15, 0.2) is 73.1 Å². The summed E-state index contributed by atoms with van der Waals surface area (Å²) in [4.78, 5) is 0. The number of hydrogen-bond donors (Lipinski definition) is 0. The minimum atomic E-state index is -1.59. The number of hydrogen-bond acceptors (Lipinski definition) is 1. The smallest absolute Gasteiger partial charge is 0.194 e. The number of aryl methyl sites for hydroxylation is 1. The molecule has 2 unspecified atom stereocenters. The molecule has 3 aromatic rings. The molecule has 1 heterocycles. The Hall–Kier alpha value is -3.32. The molecule has 0 aromatic heterocycles. The maximum atomic E-state index is 14.7. The number of ether oxygens (including phenoxy) is 1. The molecule has 0 spiro atoms. The Morgan fingerprint density at radius 3 is 2.21 bits per heavy atom. The number of allylic oxidation sites excluding steroid dienone is 2. The normalized spacial score (nSPS) is 18.3. The van der Waals surface area contributed by atoms with Gasteiger partial charge in [-0.25, -0.2) is 26.3 Å². The Bertz CT molecular complexity index is 1280. The van der Waals surface area contributed by atoms with E-state index in [1.165, 1.54) is 12.1 Å². The van der Waals surface area contributed by atoms with E-state index in [0.29, 0.717) is 31.4 Å². The molecule has 0 amide bonds. The van der Waals surface area contributed by atoms with E-state index < -0.39 is 34.9 Å². The number of halogens is 6. The number of benzene rings is 3. The molecule has 1 aliphatic heterocycles. The average Bonchev–Trinajstić information content (AvgIpc) is 2.93. The van der Waals surface area contributed by atoms with Crippen LogP contribution >= 0.6 is 0 Å². The van der Waals surface area contributed by atoms with Crippen molar-refractivity contribution in [3.63, 3.8) is 0 Å². The highest BCUT2D eigenvalue weighted by Gasteiger charge is 2.23. The maximum absolute atomic E-state index is 14.7. The molecular formula is C31H28F6O. The predicted octanol–water partition coefficient (Wildman–Crippen LogP) is 9.38. The molecule has 2 atom stereocenters. The zero-order chi connectivity index (χ0) is 27.2. The van der Waals surface area contributed by atoms with Gasteiger partial charge in [0.1, 0.15) is 11.6 Å². The van der Waals surface area contributed by atoms with E-state index in [1.807, 2.05) is 0 Å². The lowest BCUT2D eigenvalue weighted by Crippen LogP contribution is -2.25. The van der Waals surface area contributed by atoms with E-state index in [0.717, 1.165) is 30.5 Å². The van der Waals surface area contributed by atoms with Gasteiger partial charge in [-0.2, -0.15) is 0 Å². The SMILES string of the molecule is C=CCCC(F)=C(F)c1ccc(C2CCC(CCc3ccc(-c4cc(F)c(F)c(F)c4)c(F)c3)OC2)cc1. The van der Waals surface area contributed by atoms with Crippen molar-refractivity contribution in [1.82, 2.24) is 0 Å². The molecule has 3 aromatic carbocycles. The Labute approximate surface area is 218 Å². The fourth-order valence-corrected chi connectivity index (χ4v) is 4.68. The van der Waals surface area contributed by atoms with E-state index in [2.05, 4.69) is 6.58 Å². The van der Waals surface area contributed by atoms with Crippen LogP contribution in [0.1, 0.15) is 54.7 Å². The molecular weight excluding hydrogens is 502 g/mol. The molecule has 1 saturated heterocycles. The van der Waals surface area contributed by atoms with Crippen molar-refractivity contribution in [3.05, 3.63) is 113 Å². The third-order valence-corrected chi connectivity index (χ3v) is 6.90. The Morgan fingerprint density at radius 2 is 1.61 bits per heavy atom. The Balaban J connectivity index is 1.30. The fraction of sp³-hybridized carbons (Fsp3) is 0.290. The van der Waals surface area contributed by atoms with Gasteiger partial charge in [0.05, 0.1) is 12.7 Å². The summed E-state index contributed by atoms with van der Waals surface area (Å²) in [5.74, 6) is -6.46. The van der Waals surface area contributed by atoms with Crippen LogP contribution in [-0.2, 0) is 11.2 Å². The Morgan fingerprint density at radius 1 is 0.895 bits per heavy atom. The summed E-state index contributed by atoms with van der Waals surface area (Å²) in [6.45, 7) is 4.01. The van der Waals surface area contributed by atoms with E-state index in [-0.39, 0.29) is 35.1 Å². The summed E-state index contributed by atoms with van der Waals surface area (Å²) in [5, 5.41) is 0. The van der Waals surface area contributed by atoms with Crippen LogP contribution in [-0.4, -0.2) is 12.7 Å². The van der Waals surface area contributed by atoms with Gasteiger partial charge in [-0.05, 0) is 67.0 Å². The zero-order valence-electron chi connectivity index (χ0n) is 20.8. The van der Waals surface area contributed by atoms with Crippen molar-refractivity contribution in [2.75, 3.05) is 6.61 Å². The van der Waals surface area contributed by atoms with Gasteiger partial charge in [0.2, 0.25) is 0 Å². The van der Waals surface area contributed by atoms with Gasteiger partial charge in [0.15, 0.2) is 23.3 Å². The van der Waals surface area contributed by atoms with Crippen molar-refractivity contribution in [2.45, 2.75) is 50.5 Å². The first kappa shape index (κ1) is 27.7. The van der Waals surface area contributed by atoms with Crippen LogP contribution in [0.4, 0.5) is 26.3 Å². The molecule has 1 nitrogen and oxygen atoms in total. The van der Waals surface area contributed by atoms with E-state index in [4.69, 9.17) is 4.74 Å². The third kappa shape index (κ3) is 6.57. The van der Waals surface area contributed by atoms with Gasteiger partial charge in [-0.3, -0.25) is 0 Å². The fourth-order valence-electron chi connectivity index (χ4n) is 4.68. The van der Waals surface area contributed by atoms with E-state index >= 15 is 0 Å². The lowest BCUT2D eigenvalue weighted by molar-refractivity contribution is -0.000565. The molecule has 0 N–H and O–H groups in total. The first-order valence-corrected chi connectivity index (χ1v) is 12.6. The van der Waals surface area contributed by atoms with Gasteiger partial charge in [0, 0.05) is 23.5 Å². The second kappa shape index (κ2) is 12.5. The molecule has 0 aliphatic carbocycles. The van der Waals surface area contributed by atoms with Gasteiger partial charge in [0.25, 0.3) is 0 Å². The predicted molar refractivity (Wildman–Crippen MR) is 137 cm³/mol. The zero-order valence-corrected chi connectivity index (χ0v) is 20.8. The quantitative estimate of drug-likeness (QED) is 0.152. The van der Waals surface area contributed by atoms with Crippen molar-refractivity contribution in [2.24, 2.45) is 0 Å². The largest absolute Gasteiger partial charge is 0.378 e. The lowest BCUT2D eigenvalue weighted by atomic mass is 9.89. The third-order valence-electron chi connectivity index (χ3n) is 6.90. The van der Waals surface area contributed by atoms with Crippen LogP contribution in [0.25, 0.3) is 17.0 Å². The van der Waals surface area contributed by atoms with E-state index in [1.54, 1.807) is 36.4 Å². The topological polar surface area (TPSA) is 9.23 Å². The van der Waals surface area contributed by atoms with Crippen LogP contribution in [0.3, 0.4) is 0 Å². The summed E-state index contributed by atoms with van der Waals surface area (Å²) in [7, 11) is 0. The second-order valence-electron chi connectivity index (χ2n) is 9.50. The summed E-state index contributed by atoms with van der Waals surface area (Å²) in [5.41, 5.74) is 1.84. The van der Waals surface area contributed by atoms with E-state index in [9.17, 15) is 26.3 Å². The van der Waals surface area contributed by atoms with Gasteiger partial charge < -0.3 is 4.74 Å². The minimum Gasteiger partial charge on any atom is -0.378 e. The molecule has 38 heavy (non-hydrogen) atoms. The summed E-state index contributed by atoms with van der Waals surface area (Å²) < 4.78 is 89.1. The summed E-state index contributed by atoms with van der Waals surface area (Å²) in [6, 6.07) is 12.7. The molecule has 7 heteroatoms. The van der Waals surface area contributed by atoms with Crippen LogP contribution in [0.2, 0.25) is 0 Å². The van der Waals surface area contributed by atoms with Gasteiger partial charge in [-0.1, -0.05) is 42.5 Å². The molecule has 1 fully saturated rings. The molecule has 200 valence electrons. The molecule has 0 radical (unpaired) electrons. The van der Waals surface area contributed by atoms with Gasteiger partial charge >= 0.3 is 0 Å². The van der Waals surface area contributed by atoms with Crippen LogP contribution in [0.5, 0.6) is 0 Å². The van der Waals surface area contributed by atoms with Crippen LogP contribution in [0, 0.1) is 23.3 Å². The molecule has 1 aliphatic rings. The minimum absolute atomic E-state index is 0.00659. The molecule has 0 bridgehead atoms. The average molecular weight is 531 g/mol. The lowest BCUT2D eigenvalue weighted by Gasteiger charge is -2.29. The first-order chi connectivity index (χ1) is 18.3. The standard InChI is InChI=1S/C31H28F6O/c1-2-3-4-26(32)30(36)21-9-7-20(8-10-21)22-11-13-24(38-18-22)12-5-19-6-14-25(27(33)15-19)23-16-28(34)31(37)29(35)17-23/h2,6-10,14-17,22,24H,1,3-5,11-13,18H2. The summed E-state index contributed by atoms with van der Waals surface area (Å²) in [6.07, 6.45) is 4.78. The first-order valence-electron chi connectivity index (χ1n) is 12.6. The van der Waals surface area contributed by atoms with Crippen molar-refractivity contribution >= 4 is 5.83 Å². The monoisotopic (exact) mass is 530 g/mol. The Kier molecular flexibility index (Phi) is 9.10.